The third-order valence-corrected chi connectivity index (χ3v) is 8.35. The van der Waals surface area contributed by atoms with Crippen molar-refractivity contribution in [2.45, 2.75) is 46.6 Å². The highest BCUT2D eigenvalue weighted by molar-refractivity contribution is 6.36. The summed E-state index contributed by atoms with van der Waals surface area (Å²) in [6.07, 6.45) is 4.89. The van der Waals surface area contributed by atoms with Gasteiger partial charge in [-0.2, -0.15) is 5.26 Å². The normalized spacial score (nSPS) is 12.1. The largest absolute Gasteiger partial charge is 0.449 e. The predicted octanol–water partition coefficient (Wildman–Crippen LogP) is 6.66. The zero-order valence-electron chi connectivity index (χ0n) is 28.2. The molecule has 0 spiro atoms. The fourth-order valence-electron chi connectivity index (χ4n) is 5.45. The number of amides is 1. The molecular weight excluding hydrogens is 644 g/mol. The number of fused-ring (bicyclic) bond motifs is 2. The number of carbonyl (C=O) groups is 1. The first-order chi connectivity index (χ1) is 23.4. The van der Waals surface area contributed by atoms with Crippen LogP contribution in [-0.4, -0.2) is 55.5 Å². The van der Waals surface area contributed by atoms with Crippen molar-refractivity contribution < 1.29 is 14.6 Å². The SMILES string of the molecule is C=C(CC)n1cc([C@H](c2cccc3c(=O)n(C)ccc23)N(C(=O)OCCCO)c2cc(Cl)c3ncc(C#N)c(NCC(C)(C)C)c3c2)nn1. The zero-order chi connectivity index (χ0) is 35.5. The summed E-state index contributed by atoms with van der Waals surface area (Å²) < 4.78 is 8.77. The van der Waals surface area contributed by atoms with E-state index in [0.29, 0.717) is 68.5 Å². The topological polar surface area (TPSA) is 151 Å². The fraction of sp³-hybridized carbons (Fsp3) is 0.333. The number of nitrogens with one attached hydrogen (secondary N) is 1. The van der Waals surface area contributed by atoms with Crippen LogP contribution in [-0.2, 0) is 11.8 Å². The van der Waals surface area contributed by atoms with E-state index < -0.39 is 12.1 Å². The maximum atomic E-state index is 14.3. The molecule has 0 aliphatic carbocycles. The second kappa shape index (κ2) is 14.5. The number of allylic oxidation sites excluding steroid dienone is 1. The summed E-state index contributed by atoms with van der Waals surface area (Å²) in [6.45, 7) is 12.5. The summed E-state index contributed by atoms with van der Waals surface area (Å²) >= 11 is 6.92. The molecule has 0 fully saturated rings. The fourth-order valence-corrected chi connectivity index (χ4v) is 5.72. The number of ether oxygens (including phenoxy) is 1. The highest BCUT2D eigenvalue weighted by atomic mass is 35.5. The van der Waals surface area contributed by atoms with Gasteiger partial charge in [-0.05, 0) is 47.1 Å². The number of aliphatic hydroxyl groups is 1. The summed E-state index contributed by atoms with van der Waals surface area (Å²) in [7, 11) is 1.67. The van der Waals surface area contributed by atoms with Crippen molar-refractivity contribution in [3.8, 4) is 6.07 Å². The summed E-state index contributed by atoms with van der Waals surface area (Å²) in [5, 5.41) is 33.5. The van der Waals surface area contributed by atoms with Crippen molar-refractivity contribution in [3.63, 3.8) is 0 Å². The number of hydrogen-bond donors (Lipinski definition) is 2. The number of halogens is 1. The van der Waals surface area contributed by atoms with Crippen molar-refractivity contribution in [1.82, 2.24) is 24.5 Å². The second-order valence-electron chi connectivity index (χ2n) is 12.9. The summed E-state index contributed by atoms with van der Waals surface area (Å²) in [5.74, 6) is 0. The lowest BCUT2D eigenvalue weighted by molar-refractivity contribution is 0.140. The van der Waals surface area contributed by atoms with Gasteiger partial charge in [-0.1, -0.05) is 63.2 Å². The van der Waals surface area contributed by atoms with E-state index >= 15 is 0 Å². The van der Waals surface area contributed by atoms with Gasteiger partial charge in [0.1, 0.15) is 17.8 Å². The lowest BCUT2D eigenvalue weighted by atomic mass is 9.95. The molecule has 0 radical (unpaired) electrons. The van der Waals surface area contributed by atoms with Crippen molar-refractivity contribution in [2.24, 2.45) is 12.5 Å². The Kier molecular flexibility index (Phi) is 10.4. The molecule has 0 bridgehead atoms. The van der Waals surface area contributed by atoms with E-state index in [1.54, 1.807) is 48.4 Å². The molecule has 3 aromatic heterocycles. The van der Waals surface area contributed by atoms with Crippen molar-refractivity contribution >= 4 is 56.4 Å². The number of pyridine rings is 2. The van der Waals surface area contributed by atoms with Crippen LogP contribution in [0.2, 0.25) is 5.02 Å². The molecule has 0 aliphatic heterocycles. The van der Waals surface area contributed by atoms with E-state index in [-0.39, 0.29) is 35.6 Å². The quantitative estimate of drug-likeness (QED) is 0.146. The first-order valence-corrected chi connectivity index (χ1v) is 16.3. The van der Waals surface area contributed by atoms with Gasteiger partial charge in [0.25, 0.3) is 5.56 Å². The standard InChI is InChI=1S/C36H39ClN8O4/c1-7-22(2)44-20-30(41-42-44)33(26-10-8-11-27-25(26)12-13-43(6)34(27)47)45(35(48)49-15-9-14-46)24-16-28-31(40-21-36(3,4)5)23(18-38)19-39-32(28)29(37)17-24/h8,10-13,16-17,19-20,33,46H,2,7,9,14-15,21H2,1,3-6H3,(H,39,40)/t33-/m0/s1. The molecule has 3 heterocycles. The van der Waals surface area contributed by atoms with E-state index in [0.717, 1.165) is 0 Å². The molecule has 5 aromatic rings. The van der Waals surface area contributed by atoms with Crippen LogP contribution in [0.1, 0.15) is 63.4 Å². The summed E-state index contributed by atoms with van der Waals surface area (Å²) in [5.41, 5.74) is 2.87. The minimum Gasteiger partial charge on any atom is -0.449 e. The molecule has 49 heavy (non-hydrogen) atoms. The van der Waals surface area contributed by atoms with Crippen LogP contribution < -0.4 is 15.8 Å². The lowest BCUT2D eigenvalue weighted by Crippen LogP contribution is -2.37. The smallest absolute Gasteiger partial charge is 0.415 e. The molecule has 1 amide bonds. The molecule has 12 nitrogen and oxygen atoms in total. The van der Waals surface area contributed by atoms with E-state index in [4.69, 9.17) is 16.3 Å². The average Bonchev–Trinajstić information content (AvgIpc) is 3.56. The maximum Gasteiger partial charge on any atom is 0.415 e. The Morgan fingerprint density at radius 1 is 1.22 bits per heavy atom. The van der Waals surface area contributed by atoms with Gasteiger partial charge < -0.3 is 19.7 Å². The van der Waals surface area contributed by atoms with E-state index in [1.165, 1.54) is 15.7 Å². The van der Waals surface area contributed by atoms with Crippen LogP contribution in [0.5, 0.6) is 0 Å². The maximum absolute atomic E-state index is 14.3. The Morgan fingerprint density at radius 3 is 2.69 bits per heavy atom. The molecule has 0 unspecified atom stereocenters. The number of benzene rings is 2. The summed E-state index contributed by atoms with van der Waals surface area (Å²) in [6, 6.07) is 11.7. The lowest BCUT2D eigenvalue weighted by Gasteiger charge is -2.31. The number of aliphatic hydroxyl groups excluding tert-OH is 1. The highest BCUT2D eigenvalue weighted by Gasteiger charge is 2.34. The Morgan fingerprint density at radius 2 is 2.00 bits per heavy atom. The number of aryl methyl sites for hydroxylation is 1. The molecule has 0 saturated carbocycles. The first-order valence-electron chi connectivity index (χ1n) is 15.9. The van der Waals surface area contributed by atoms with E-state index in [2.05, 4.69) is 54.0 Å². The molecule has 2 N–H and O–H groups in total. The number of nitriles is 1. The zero-order valence-corrected chi connectivity index (χ0v) is 29.0. The number of nitrogens with zero attached hydrogens (tertiary/aromatic N) is 7. The predicted molar refractivity (Wildman–Crippen MR) is 192 cm³/mol. The van der Waals surface area contributed by atoms with E-state index in [9.17, 15) is 20.0 Å². The van der Waals surface area contributed by atoms with Gasteiger partial charge in [0, 0.05) is 55.5 Å². The molecule has 5 rings (SSSR count). The van der Waals surface area contributed by atoms with Crippen LogP contribution in [0, 0.1) is 16.7 Å². The number of aromatic nitrogens is 5. The van der Waals surface area contributed by atoms with Gasteiger partial charge in [-0.25, -0.2) is 9.48 Å². The van der Waals surface area contributed by atoms with Gasteiger partial charge in [-0.3, -0.25) is 14.7 Å². The number of anilines is 2. The van der Waals surface area contributed by atoms with Crippen LogP contribution >= 0.6 is 11.6 Å². The van der Waals surface area contributed by atoms with Crippen molar-refractivity contribution in [3.05, 3.63) is 93.8 Å². The van der Waals surface area contributed by atoms with Crippen LogP contribution in [0.15, 0.2) is 66.4 Å². The van der Waals surface area contributed by atoms with Crippen molar-refractivity contribution in [1.29, 1.82) is 5.26 Å². The Labute approximate surface area is 289 Å². The Balaban J connectivity index is 1.83. The molecule has 0 aliphatic rings. The third-order valence-electron chi connectivity index (χ3n) is 8.06. The van der Waals surface area contributed by atoms with Crippen LogP contribution in [0.3, 0.4) is 0 Å². The van der Waals surface area contributed by atoms with Gasteiger partial charge in [0.05, 0.1) is 40.3 Å². The average molecular weight is 683 g/mol. The minimum atomic E-state index is -0.984. The minimum absolute atomic E-state index is 0.0617. The second-order valence-corrected chi connectivity index (χ2v) is 13.3. The van der Waals surface area contributed by atoms with Crippen LogP contribution in [0.4, 0.5) is 16.2 Å². The van der Waals surface area contributed by atoms with E-state index in [1.807, 2.05) is 19.1 Å². The number of rotatable bonds is 11. The monoisotopic (exact) mass is 682 g/mol. The first kappa shape index (κ1) is 35.1. The Bertz CT molecular complexity index is 2140. The molecule has 254 valence electrons. The highest BCUT2D eigenvalue weighted by Crippen LogP contribution is 2.41. The van der Waals surface area contributed by atoms with Gasteiger partial charge in [-0.15, -0.1) is 5.10 Å². The molecular formula is C36H39ClN8O4. The third kappa shape index (κ3) is 7.28. The number of carbonyl (C=O) groups excluding carboxylic acids is 1. The van der Waals surface area contributed by atoms with Crippen LogP contribution in [0.25, 0.3) is 27.4 Å². The van der Waals surface area contributed by atoms with Gasteiger partial charge >= 0.3 is 6.09 Å². The molecule has 2 aromatic carbocycles. The molecule has 1 atom stereocenters. The molecule has 13 heteroatoms. The molecule has 0 saturated heterocycles. The van der Waals surface area contributed by atoms with Gasteiger partial charge in [0.15, 0.2) is 0 Å². The van der Waals surface area contributed by atoms with Gasteiger partial charge in [0.2, 0.25) is 0 Å². The Hall–Kier alpha value is -5.25. The number of hydrogen-bond acceptors (Lipinski definition) is 9. The summed E-state index contributed by atoms with van der Waals surface area (Å²) in [4.78, 5) is 33.5. The van der Waals surface area contributed by atoms with Crippen molar-refractivity contribution in [2.75, 3.05) is 30.0 Å².